The summed E-state index contributed by atoms with van der Waals surface area (Å²) < 4.78 is 0. The molecule has 3 rings (SSSR count). The van der Waals surface area contributed by atoms with Gasteiger partial charge in [-0.3, -0.25) is 19.2 Å². The number of carbonyl (C=O) groups excluding carboxylic acids is 4. The van der Waals surface area contributed by atoms with Crippen molar-refractivity contribution in [1.82, 2.24) is 16.0 Å². The number of carbonyl (C=O) groups is 5. The van der Waals surface area contributed by atoms with Gasteiger partial charge < -0.3 is 48.5 Å². The van der Waals surface area contributed by atoms with Gasteiger partial charge in [0.15, 0.2) is 0 Å². The number of phenols is 2. The van der Waals surface area contributed by atoms with Crippen molar-refractivity contribution in [3.05, 3.63) is 47.5 Å². The van der Waals surface area contributed by atoms with Crippen molar-refractivity contribution in [2.45, 2.75) is 62.7 Å². The molecule has 4 bridgehead atoms. The first-order valence-corrected chi connectivity index (χ1v) is 13.4. The van der Waals surface area contributed by atoms with E-state index in [-0.39, 0.29) is 55.7 Å². The number of fused-ring (bicyclic) bond motifs is 5. The molecular formula is C28H36N6O8. The van der Waals surface area contributed by atoms with Crippen LogP contribution in [0.3, 0.4) is 0 Å². The lowest BCUT2D eigenvalue weighted by atomic mass is 9.95. The molecule has 0 saturated carbocycles. The summed E-state index contributed by atoms with van der Waals surface area (Å²) in [6.45, 7) is 0.205. The number of primary amides is 1. The molecule has 14 heteroatoms. The number of amides is 4. The normalized spacial score (nSPS) is 19.8. The summed E-state index contributed by atoms with van der Waals surface area (Å²) in [4.78, 5) is 62.7. The van der Waals surface area contributed by atoms with Gasteiger partial charge in [-0.15, -0.1) is 0 Å². The van der Waals surface area contributed by atoms with Gasteiger partial charge in [-0.2, -0.15) is 0 Å². The molecule has 4 amide bonds. The average molecular weight is 585 g/mol. The second-order valence-electron chi connectivity index (χ2n) is 10.2. The van der Waals surface area contributed by atoms with Crippen LogP contribution in [0.15, 0.2) is 36.4 Å². The third kappa shape index (κ3) is 8.41. The van der Waals surface area contributed by atoms with Gasteiger partial charge >= 0.3 is 5.97 Å². The molecule has 0 saturated heterocycles. The molecule has 1 heterocycles. The number of nitrogens with one attached hydrogen (secondary N) is 3. The monoisotopic (exact) mass is 584 g/mol. The summed E-state index contributed by atoms with van der Waals surface area (Å²) in [5.41, 5.74) is 18.7. The summed E-state index contributed by atoms with van der Waals surface area (Å²) in [6, 6.07) is 4.15. The van der Waals surface area contributed by atoms with Crippen LogP contribution in [0, 0.1) is 0 Å². The Kier molecular flexibility index (Phi) is 10.8. The molecule has 14 nitrogen and oxygen atoms in total. The maximum atomic E-state index is 13.4. The van der Waals surface area contributed by atoms with Crippen molar-refractivity contribution in [3.63, 3.8) is 0 Å². The molecule has 4 atom stereocenters. The second-order valence-corrected chi connectivity index (χ2v) is 10.2. The lowest BCUT2D eigenvalue weighted by molar-refractivity contribution is -0.142. The standard InChI is InChI=1S/C28H36N6O8/c29-9-1-2-19-26(39)34-21(27(40)33-20(28(41)42)5-8-24(31)37)13-17-11-15(4-7-23(17)36)14-3-6-22(35)16(10-14)12-18(30)25(38)32-19/h3-4,6-7,10-11,18-21,35-36H,1-2,5,8-9,12-13,29-30H2,(H2,31,37)(H,32,38)(H,33,40)(H,34,39)(H,41,42)/t18-,19-,20-,21-/m0/s1. The fraction of sp³-hybridized carbons (Fsp3) is 0.393. The molecule has 0 fully saturated rings. The molecule has 0 spiro atoms. The third-order valence-corrected chi connectivity index (χ3v) is 6.95. The summed E-state index contributed by atoms with van der Waals surface area (Å²) in [5, 5.41) is 38.1. The smallest absolute Gasteiger partial charge is 0.326 e. The van der Waals surface area contributed by atoms with Crippen molar-refractivity contribution < 1.29 is 39.3 Å². The highest BCUT2D eigenvalue weighted by molar-refractivity contribution is 5.94. The summed E-state index contributed by atoms with van der Waals surface area (Å²) in [5.74, 6) is -4.78. The lowest BCUT2D eigenvalue weighted by Crippen LogP contribution is -2.57. The molecule has 1 aliphatic rings. The van der Waals surface area contributed by atoms with Crippen LogP contribution in [-0.4, -0.2) is 75.6 Å². The Balaban J connectivity index is 2.07. The molecule has 0 aliphatic carbocycles. The largest absolute Gasteiger partial charge is 0.508 e. The maximum Gasteiger partial charge on any atom is 0.326 e. The number of hydrogen-bond donors (Lipinski definition) is 9. The summed E-state index contributed by atoms with van der Waals surface area (Å²) in [7, 11) is 0. The van der Waals surface area contributed by atoms with Gasteiger partial charge in [0.2, 0.25) is 23.6 Å². The van der Waals surface area contributed by atoms with E-state index in [1.54, 1.807) is 24.3 Å². The molecule has 226 valence electrons. The highest BCUT2D eigenvalue weighted by Crippen LogP contribution is 2.31. The van der Waals surface area contributed by atoms with Crippen LogP contribution in [0.5, 0.6) is 11.5 Å². The van der Waals surface area contributed by atoms with Gasteiger partial charge in [-0.25, -0.2) is 4.79 Å². The minimum atomic E-state index is -1.49. The first kappa shape index (κ1) is 31.8. The molecule has 1 aliphatic heterocycles. The zero-order valence-electron chi connectivity index (χ0n) is 22.8. The van der Waals surface area contributed by atoms with Gasteiger partial charge in [-0.1, -0.05) is 12.1 Å². The number of phenolic OH excluding ortho intramolecular Hbond substituents is 2. The van der Waals surface area contributed by atoms with Gasteiger partial charge in [0.1, 0.15) is 29.6 Å². The van der Waals surface area contributed by atoms with Gasteiger partial charge in [-0.05, 0) is 72.3 Å². The number of aliphatic carboxylic acids is 1. The second kappa shape index (κ2) is 14.3. The van der Waals surface area contributed by atoms with Crippen molar-refractivity contribution in [2.75, 3.05) is 6.54 Å². The predicted molar refractivity (Wildman–Crippen MR) is 151 cm³/mol. The van der Waals surface area contributed by atoms with E-state index in [9.17, 15) is 39.3 Å². The zero-order chi connectivity index (χ0) is 31.0. The fourth-order valence-corrected chi connectivity index (χ4v) is 4.57. The quantitative estimate of drug-likeness (QED) is 0.169. The van der Waals surface area contributed by atoms with Crippen LogP contribution in [0.2, 0.25) is 0 Å². The Morgan fingerprint density at radius 3 is 2.10 bits per heavy atom. The topological polar surface area (TPSA) is 260 Å². The van der Waals surface area contributed by atoms with E-state index >= 15 is 0 Å². The minimum absolute atomic E-state index is 0.0470. The number of nitrogens with two attached hydrogens (primary N) is 3. The molecule has 0 unspecified atom stereocenters. The van der Waals surface area contributed by atoms with Crippen LogP contribution in [0.4, 0.5) is 0 Å². The third-order valence-electron chi connectivity index (χ3n) is 6.95. The first-order valence-electron chi connectivity index (χ1n) is 13.4. The number of benzene rings is 2. The Labute approximate surface area is 241 Å². The molecule has 42 heavy (non-hydrogen) atoms. The fourth-order valence-electron chi connectivity index (χ4n) is 4.57. The van der Waals surface area contributed by atoms with Crippen molar-refractivity contribution in [3.8, 4) is 22.6 Å². The van der Waals surface area contributed by atoms with E-state index in [1.165, 1.54) is 12.1 Å². The summed E-state index contributed by atoms with van der Waals surface area (Å²) in [6.07, 6.45) is -0.458. The first-order chi connectivity index (χ1) is 19.9. The van der Waals surface area contributed by atoms with E-state index in [1.807, 2.05) is 0 Å². The Hall–Kier alpha value is -4.69. The van der Waals surface area contributed by atoms with Crippen LogP contribution < -0.4 is 33.2 Å². The Morgan fingerprint density at radius 1 is 0.952 bits per heavy atom. The average Bonchev–Trinajstić information content (AvgIpc) is 2.94. The Bertz CT molecular complexity index is 1350. The minimum Gasteiger partial charge on any atom is -0.508 e. The zero-order valence-corrected chi connectivity index (χ0v) is 22.8. The van der Waals surface area contributed by atoms with Crippen molar-refractivity contribution >= 4 is 29.6 Å². The van der Waals surface area contributed by atoms with Gasteiger partial charge in [0, 0.05) is 19.3 Å². The molecular weight excluding hydrogens is 548 g/mol. The number of aromatic hydroxyl groups is 2. The highest BCUT2D eigenvalue weighted by atomic mass is 16.4. The van der Waals surface area contributed by atoms with Crippen LogP contribution in [0.1, 0.15) is 36.8 Å². The van der Waals surface area contributed by atoms with Crippen molar-refractivity contribution in [1.29, 1.82) is 0 Å². The summed E-state index contributed by atoms with van der Waals surface area (Å²) >= 11 is 0. The molecule has 0 aromatic heterocycles. The highest BCUT2D eigenvalue weighted by Gasteiger charge is 2.31. The van der Waals surface area contributed by atoms with Gasteiger partial charge in [0.25, 0.3) is 0 Å². The van der Waals surface area contributed by atoms with Crippen LogP contribution in [0.25, 0.3) is 11.1 Å². The molecule has 2 aromatic rings. The number of hydrogen-bond acceptors (Lipinski definition) is 9. The molecule has 0 radical (unpaired) electrons. The molecule has 12 N–H and O–H groups in total. The lowest BCUT2D eigenvalue weighted by Gasteiger charge is -2.25. The van der Waals surface area contributed by atoms with E-state index in [0.717, 1.165) is 0 Å². The van der Waals surface area contributed by atoms with E-state index in [4.69, 9.17) is 17.2 Å². The van der Waals surface area contributed by atoms with Crippen LogP contribution >= 0.6 is 0 Å². The van der Waals surface area contributed by atoms with E-state index in [2.05, 4.69) is 16.0 Å². The maximum absolute atomic E-state index is 13.4. The van der Waals surface area contributed by atoms with Gasteiger partial charge in [0.05, 0.1) is 6.04 Å². The van der Waals surface area contributed by atoms with E-state index in [0.29, 0.717) is 23.1 Å². The van der Waals surface area contributed by atoms with E-state index < -0.39 is 53.8 Å². The Morgan fingerprint density at radius 2 is 1.55 bits per heavy atom. The molecule has 2 aromatic carbocycles. The van der Waals surface area contributed by atoms with Crippen LogP contribution in [-0.2, 0) is 36.8 Å². The number of carboxylic acids is 1. The number of rotatable bonds is 9. The number of carboxylic acid groups (broad SMARTS) is 1. The van der Waals surface area contributed by atoms with Crippen molar-refractivity contribution in [2.24, 2.45) is 17.2 Å². The predicted octanol–water partition coefficient (Wildman–Crippen LogP) is -1.27. The SMILES string of the molecule is NCCC[C@@H]1NC(=O)[C@@H](N)Cc2cc(ccc2O)-c2ccc(O)c(c2)C[C@@H](C(=O)N[C@@H](CCC(N)=O)C(=O)O)NC1=O.